The molecule has 1 atom stereocenters. The fourth-order valence-corrected chi connectivity index (χ4v) is 10.0. The third-order valence-corrected chi connectivity index (χ3v) is 13.0. The van der Waals surface area contributed by atoms with Gasteiger partial charge in [-0.25, -0.2) is 0 Å². The number of benzene rings is 10. The fourth-order valence-electron chi connectivity index (χ4n) is 10.0. The molecule has 12 rings (SSSR count). The third-order valence-electron chi connectivity index (χ3n) is 13.0. The van der Waals surface area contributed by atoms with Crippen molar-refractivity contribution in [2.24, 2.45) is 0 Å². The van der Waals surface area contributed by atoms with Crippen molar-refractivity contribution in [1.29, 1.82) is 0 Å². The Labute approximate surface area is 380 Å². The van der Waals surface area contributed by atoms with E-state index in [1.54, 1.807) is 0 Å². The van der Waals surface area contributed by atoms with Crippen LogP contribution in [-0.4, -0.2) is 0 Å². The van der Waals surface area contributed by atoms with Crippen molar-refractivity contribution in [3.05, 3.63) is 282 Å². The topological polar surface area (TPSA) is 21.7 Å². The van der Waals surface area contributed by atoms with Crippen LogP contribution in [0.5, 0.6) is 23.0 Å². The quantitative estimate of drug-likeness (QED) is 0.152. The van der Waals surface area contributed by atoms with E-state index in [-0.39, 0.29) is 0 Å². The molecule has 308 valence electrons. The molecule has 0 saturated heterocycles. The number of hydrogen-bond acceptors (Lipinski definition) is 3. The SMILES string of the molecule is c1ccc(-c2ccc(Cc3ccc4c(c3)Oc3ccccc3C43c4ccccc4Oc4c(N(c5cccc(-c6ccccc6)c5)c5cccc(-c6ccccc6)c5)cccc43)cc2)cc1. The van der Waals surface area contributed by atoms with Gasteiger partial charge in [0.1, 0.15) is 17.2 Å². The maximum absolute atomic E-state index is 7.28. The number of para-hydroxylation sites is 3. The Morgan fingerprint density at radius 3 is 1.35 bits per heavy atom. The van der Waals surface area contributed by atoms with Gasteiger partial charge in [0.2, 0.25) is 0 Å². The van der Waals surface area contributed by atoms with Crippen LogP contribution in [0.15, 0.2) is 249 Å². The average molecular weight is 834 g/mol. The van der Waals surface area contributed by atoms with Crippen LogP contribution < -0.4 is 14.4 Å². The summed E-state index contributed by atoms with van der Waals surface area (Å²) in [6, 6.07) is 88.8. The molecule has 0 radical (unpaired) electrons. The molecular weight excluding hydrogens is 791 g/mol. The predicted molar refractivity (Wildman–Crippen MR) is 265 cm³/mol. The van der Waals surface area contributed by atoms with Gasteiger partial charge in [0.15, 0.2) is 5.75 Å². The lowest BCUT2D eigenvalue weighted by molar-refractivity contribution is 0.399. The monoisotopic (exact) mass is 833 g/mol. The zero-order chi connectivity index (χ0) is 43.2. The van der Waals surface area contributed by atoms with E-state index in [0.717, 1.165) is 91.0 Å². The van der Waals surface area contributed by atoms with Gasteiger partial charge in [-0.1, -0.05) is 200 Å². The summed E-state index contributed by atoms with van der Waals surface area (Å²) >= 11 is 0. The van der Waals surface area contributed by atoms with Crippen molar-refractivity contribution >= 4 is 17.1 Å². The van der Waals surface area contributed by atoms with Crippen LogP contribution in [0, 0.1) is 0 Å². The van der Waals surface area contributed by atoms with E-state index >= 15 is 0 Å². The highest BCUT2D eigenvalue weighted by Crippen LogP contribution is 2.63. The van der Waals surface area contributed by atoms with Crippen LogP contribution in [-0.2, 0) is 11.8 Å². The highest BCUT2D eigenvalue weighted by Gasteiger charge is 2.51. The maximum atomic E-state index is 7.28. The Kier molecular flexibility index (Phi) is 9.46. The zero-order valence-electron chi connectivity index (χ0n) is 35.6. The standard InChI is InChI=1S/C62H43NO2/c1-4-17-45(18-5-1)48-36-33-43(34-37-48)39-44-35-38-55-60(40-44)64-58-31-12-10-27-53(58)62(55)54-28-11-13-32-59(54)65-61-56(62)29-16-30-57(61)63(51-25-14-23-49(41-51)46-19-6-2-7-20-46)52-26-15-24-50(42-52)47-21-8-3-9-22-47/h1-38,40-42H,39H2. The largest absolute Gasteiger partial charge is 0.457 e. The summed E-state index contributed by atoms with van der Waals surface area (Å²) in [5.74, 6) is 3.29. The first-order valence-corrected chi connectivity index (χ1v) is 22.3. The average Bonchev–Trinajstić information content (AvgIpc) is 3.38. The van der Waals surface area contributed by atoms with Gasteiger partial charge in [-0.3, -0.25) is 0 Å². The van der Waals surface area contributed by atoms with E-state index in [9.17, 15) is 0 Å². The van der Waals surface area contributed by atoms with Crippen LogP contribution in [0.25, 0.3) is 33.4 Å². The summed E-state index contributed by atoms with van der Waals surface area (Å²) in [5.41, 5.74) is 16.0. The van der Waals surface area contributed by atoms with Gasteiger partial charge >= 0.3 is 0 Å². The Bertz CT molecular complexity index is 3250. The summed E-state index contributed by atoms with van der Waals surface area (Å²) in [5, 5.41) is 0. The van der Waals surface area contributed by atoms with Gasteiger partial charge in [-0.2, -0.15) is 0 Å². The van der Waals surface area contributed by atoms with Crippen LogP contribution in [0.2, 0.25) is 0 Å². The molecule has 10 aromatic carbocycles. The smallest absolute Gasteiger partial charge is 0.156 e. The lowest BCUT2D eigenvalue weighted by Gasteiger charge is -2.45. The molecule has 2 heterocycles. The first-order valence-electron chi connectivity index (χ1n) is 22.3. The van der Waals surface area contributed by atoms with E-state index in [1.807, 2.05) is 0 Å². The molecule has 2 aliphatic heterocycles. The van der Waals surface area contributed by atoms with Crippen molar-refractivity contribution in [2.45, 2.75) is 11.8 Å². The summed E-state index contributed by atoms with van der Waals surface area (Å²) in [4.78, 5) is 2.36. The second-order valence-corrected chi connectivity index (χ2v) is 16.8. The van der Waals surface area contributed by atoms with Crippen molar-refractivity contribution in [3.8, 4) is 56.4 Å². The molecule has 0 aromatic heterocycles. The first kappa shape index (κ1) is 38.3. The summed E-state index contributed by atoms with van der Waals surface area (Å²) in [6.07, 6.45) is 0.778. The molecule has 10 aromatic rings. The molecule has 3 nitrogen and oxygen atoms in total. The number of anilines is 3. The Morgan fingerprint density at radius 1 is 0.308 bits per heavy atom. The number of nitrogens with zero attached hydrogens (tertiary/aromatic N) is 1. The predicted octanol–water partition coefficient (Wildman–Crippen LogP) is 16.3. The van der Waals surface area contributed by atoms with Gasteiger partial charge in [0, 0.05) is 33.6 Å². The molecule has 0 saturated carbocycles. The minimum absolute atomic E-state index is 0.760. The maximum Gasteiger partial charge on any atom is 0.156 e. The third kappa shape index (κ3) is 6.68. The van der Waals surface area contributed by atoms with E-state index < -0.39 is 5.41 Å². The molecule has 0 bridgehead atoms. The number of hydrogen-bond donors (Lipinski definition) is 0. The minimum Gasteiger partial charge on any atom is -0.457 e. The Balaban J connectivity index is 1.05. The molecular formula is C62H43NO2. The molecule has 65 heavy (non-hydrogen) atoms. The van der Waals surface area contributed by atoms with Crippen molar-refractivity contribution in [3.63, 3.8) is 0 Å². The first-order chi connectivity index (χ1) is 32.2. The summed E-state index contributed by atoms with van der Waals surface area (Å²) in [6.45, 7) is 0. The number of ether oxygens (including phenoxy) is 2. The zero-order valence-corrected chi connectivity index (χ0v) is 35.6. The lowest BCUT2D eigenvalue weighted by atomic mass is 9.62. The highest BCUT2D eigenvalue weighted by molar-refractivity contribution is 5.88. The molecule has 0 N–H and O–H groups in total. The van der Waals surface area contributed by atoms with Crippen molar-refractivity contribution < 1.29 is 9.47 Å². The van der Waals surface area contributed by atoms with E-state index in [2.05, 4.69) is 254 Å². The summed E-state index contributed by atoms with van der Waals surface area (Å²) < 4.78 is 14.2. The fraction of sp³-hybridized carbons (Fsp3) is 0.0323. The van der Waals surface area contributed by atoms with Gasteiger partial charge < -0.3 is 14.4 Å². The van der Waals surface area contributed by atoms with Crippen LogP contribution in [0.3, 0.4) is 0 Å². The number of fused-ring (bicyclic) bond motifs is 8. The minimum atomic E-state index is -0.760. The molecule has 3 heteroatoms. The second kappa shape index (κ2) is 16.1. The van der Waals surface area contributed by atoms with Crippen LogP contribution >= 0.6 is 0 Å². The second-order valence-electron chi connectivity index (χ2n) is 16.8. The Morgan fingerprint density at radius 2 is 0.754 bits per heavy atom. The van der Waals surface area contributed by atoms with E-state index in [4.69, 9.17) is 9.47 Å². The highest BCUT2D eigenvalue weighted by atomic mass is 16.5. The van der Waals surface area contributed by atoms with Gasteiger partial charge in [0.25, 0.3) is 0 Å². The lowest BCUT2D eigenvalue weighted by Crippen LogP contribution is -2.37. The van der Waals surface area contributed by atoms with Crippen molar-refractivity contribution in [2.75, 3.05) is 4.90 Å². The number of rotatable bonds is 8. The van der Waals surface area contributed by atoms with E-state index in [0.29, 0.717) is 0 Å². The van der Waals surface area contributed by atoms with Crippen LogP contribution in [0.4, 0.5) is 17.1 Å². The molecule has 0 aliphatic carbocycles. The summed E-state index contributed by atoms with van der Waals surface area (Å²) in [7, 11) is 0. The molecule has 0 fully saturated rings. The van der Waals surface area contributed by atoms with Gasteiger partial charge in [0.05, 0.1) is 11.1 Å². The van der Waals surface area contributed by atoms with Gasteiger partial charge in [-0.05, 0) is 99.5 Å². The van der Waals surface area contributed by atoms with Gasteiger partial charge in [-0.15, -0.1) is 0 Å². The molecule has 1 spiro atoms. The van der Waals surface area contributed by atoms with Crippen molar-refractivity contribution in [1.82, 2.24) is 0 Å². The Hall–Kier alpha value is -8.40. The molecule has 0 amide bonds. The molecule has 1 unspecified atom stereocenters. The van der Waals surface area contributed by atoms with E-state index in [1.165, 1.54) is 22.3 Å². The normalized spacial score (nSPS) is 14.2. The van der Waals surface area contributed by atoms with Crippen LogP contribution in [0.1, 0.15) is 33.4 Å². The molecule has 2 aliphatic rings.